The summed E-state index contributed by atoms with van der Waals surface area (Å²) in [6.07, 6.45) is 4.53. The predicted octanol–water partition coefficient (Wildman–Crippen LogP) is 2.05. The Morgan fingerprint density at radius 2 is 1.53 bits per heavy atom. The predicted molar refractivity (Wildman–Crippen MR) is 158 cm³/mol. The van der Waals surface area contributed by atoms with Crippen LogP contribution in [0.5, 0.6) is 0 Å². The molecule has 11 nitrogen and oxygen atoms in total. The minimum Gasteiger partial charge on any atom is -0.460 e. The maximum absolute atomic E-state index is 14.2. The molecule has 0 heterocycles. The van der Waals surface area contributed by atoms with E-state index in [1.807, 2.05) is 6.07 Å². The Balaban J connectivity index is 1.67. The average molecular weight is 599 g/mol. The van der Waals surface area contributed by atoms with Gasteiger partial charge in [0.25, 0.3) is 0 Å². The van der Waals surface area contributed by atoms with Gasteiger partial charge in [-0.05, 0) is 89.0 Å². The van der Waals surface area contributed by atoms with Crippen LogP contribution >= 0.6 is 0 Å². The smallest absolute Gasteiger partial charge is 0.320 e. The number of primary amides is 1. The number of esters is 2. The van der Waals surface area contributed by atoms with Crippen molar-refractivity contribution >= 4 is 29.7 Å². The molecule has 11 heteroatoms. The van der Waals surface area contributed by atoms with E-state index in [2.05, 4.69) is 5.32 Å². The van der Waals surface area contributed by atoms with Gasteiger partial charge < -0.3 is 31.2 Å². The van der Waals surface area contributed by atoms with Crippen LogP contribution in [0.3, 0.4) is 0 Å². The molecule has 43 heavy (non-hydrogen) atoms. The highest BCUT2D eigenvalue weighted by atomic mass is 16.6. The van der Waals surface area contributed by atoms with Gasteiger partial charge in [0.15, 0.2) is 5.92 Å². The van der Waals surface area contributed by atoms with E-state index >= 15 is 0 Å². The number of carbonyl (C=O) groups excluding carboxylic acids is 5. The van der Waals surface area contributed by atoms with Crippen LogP contribution in [0.25, 0.3) is 0 Å². The number of benzene rings is 1. The number of rotatable bonds is 12. The molecule has 0 aliphatic heterocycles. The van der Waals surface area contributed by atoms with Crippen LogP contribution in [0.15, 0.2) is 30.3 Å². The molecule has 0 spiro atoms. The first kappa shape index (κ1) is 32.4. The molecule has 4 aliphatic rings. The lowest BCUT2D eigenvalue weighted by atomic mass is 9.53. The van der Waals surface area contributed by atoms with E-state index in [0.29, 0.717) is 11.8 Å². The lowest BCUT2D eigenvalue weighted by molar-refractivity contribution is -0.173. The summed E-state index contributed by atoms with van der Waals surface area (Å²) in [5.41, 5.74) is 11.3. The molecule has 0 radical (unpaired) electrons. The number of amides is 3. The normalized spacial score (nSPS) is 26.1. The topological polar surface area (TPSA) is 171 Å². The summed E-state index contributed by atoms with van der Waals surface area (Å²) < 4.78 is 11.1. The number of nitrogens with two attached hydrogens (primary N) is 2. The summed E-state index contributed by atoms with van der Waals surface area (Å²) in [7, 11) is 0. The summed E-state index contributed by atoms with van der Waals surface area (Å²) in [4.78, 5) is 68.0. The fourth-order valence-electron chi connectivity index (χ4n) is 7.53. The number of nitrogens with one attached hydrogen (secondary N) is 1. The van der Waals surface area contributed by atoms with Gasteiger partial charge in [0, 0.05) is 12.5 Å². The third kappa shape index (κ3) is 7.93. The second kappa shape index (κ2) is 13.4. The van der Waals surface area contributed by atoms with Crippen LogP contribution in [0, 0.1) is 29.6 Å². The molecule has 4 fully saturated rings. The molecular formula is C32H46N4O7. The number of hydrogen-bond acceptors (Lipinski definition) is 8. The highest BCUT2D eigenvalue weighted by Gasteiger charge is 2.54. The van der Waals surface area contributed by atoms with Crippen LogP contribution in [-0.2, 0) is 40.1 Å². The standard InChI is InChI=1S/C32H46N4O7/c1-18(35-26(37)16-33)29(39)36(27-22-11-20-10-21(13-22)14-23(27)12-20)25(28(34)38)15-24(31(41)43-32(2,3)4)30(40)42-17-19-8-6-5-7-9-19/h5-9,18,20-25,27H,10-17,33H2,1-4H3,(H2,34,38)(H,35,37)/t18-,20?,21?,22?,23?,24?,25+,27?/m0/s1. The van der Waals surface area contributed by atoms with Gasteiger partial charge in [-0.1, -0.05) is 30.3 Å². The van der Waals surface area contributed by atoms with Crippen LogP contribution < -0.4 is 16.8 Å². The second-order valence-corrected chi connectivity index (χ2v) is 13.5. The Morgan fingerprint density at radius 1 is 0.953 bits per heavy atom. The highest BCUT2D eigenvalue weighted by molar-refractivity contribution is 5.97. The fraction of sp³-hybridized carbons (Fsp3) is 0.656. The lowest BCUT2D eigenvalue weighted by Crippen LogP contribution is -2.65. The van der Waals surface area contributed by atoms with Crippen molar-refractivity contribution in [2.24, 2.45) is 41.1 Å². The van der Waals surface area contributed by atoms with Crippen molar-refractivity contribution in [3.63, 3.8) is 0 Å². The highest BCUT2D eigenvalue weighted by Crippen LogP contribution is 2.55. The van der Waals surface area contributed by atoms with Gasteiger partial charge in [-0.2, -0.15) is 0 Å². The zero-order chi connectivity index (χ0) is 31.5. The molecule has 236 valence electrons. The van der Waals surface area contributed by atoms with E-state index in [1.165, 1.54) is 18.2 Å². The SMILES string of the molecule is C[C@H](NC(=O)CN)C(=O)N(C1C2CC3CC(C2)CC1C3)[C@H](CC(C(=O)OCc1ccccc1)C(=O)OC(C)(C)C)C(N)=O. The molecule has 4 bridgehead atoms. The van der Waals surface area contributed by atoms with Crippen molar-refractivity contribution in [1.82, 2.24) is 10.2 Å². The van der Waals surface area contributed by atoms with Crippen molar-refractivity contribution in [3.05, 3.63) is 35.9 Å². The van der Waals surface area contributed by atoms with E-state index in [-0.39, 0.29) is 31.0 Å². The molecule has 0 saturated heterocycles. The lowest BCUT2D eigenvalue weighted by Gasteiger charge is -2.58. The molecule has 3 amide bonds. The van der Waals surface area contributed by atoms with E-state index in [4.69, 9.17) is 20.9 Å². The van der Waals surface area contributed by atoms with Crippen LogP contribution in [0.2, 0.25) is 0 Å². The maximum atomic E-state index is 14.2. The van der Waals surface area contributed by atoms with Gasteiger partial charge >= 0.3 is 11.9 Å². The van der Waals surface area contributed by atoms with Gasteiger partial charge in [-0.3, -0.25) is 24.0 Å². The van der Waals surface area contributed by atoms with Crippen molar-refractivity contribution in [3.8, 4) is 0 Å². The third-order valence-electron chi connectivity index (χ3n) is 9.01. The molecule has 5 N–H and O–H groups in total. The van der Waals surface area contributed by atoms with Gasteiger partial charge in [0.05, 0.1) is 6.54 Å². The number of ether oxygens (including phenoxy) is 2. The van der Waals surface area contributed by atoms with Gasteiger partial charge in [-0.15, -0.1) is 0 Å². The minimum absolute atomic E-state index is 0.0828. The van der Waals surface area contributed by atoms with Gasteiger partial charge in [-0.25, -0.2) is 0 Å². The Morgan fingerprint density at radius 3 is 2.05 bits per heavy atom. The Hall–Kier alpha value is -3.47. The first-order valence-corrected chi connectivity index (χ1v) is 15.3. The number of hydrogen-bond donors (Lipinski definition) is 3. The van der Waals surface area contributed by atoms with Crippen LogP contribution in [0.1, 0.15) is 71.8 Å². The summed E-state index contributed by atoms with van der Waals surface area (Å²) in [6.45, 7) is 6.18. The van der Waals surface area contributed by atoms with Gasteiger partial charge in [0.2, 0.25) is 17.7 Å². The zero-order valence-electron chi connectivity index (χ0n) is 25.6. The monoisotopic (exact) mass is 598 g/mol. The molecule has 3 atom stereocenters. The van der Waals surface area contributed by atoms with Crippen molar-refractivity contribution in [2.45, 2.75) is 96.6 Å². The maximum Gasteiger partial charge on any atom is 0.320 e. The van der Waals surface area contributed by atoms with Crippen molar-refractivity contribution < 1.29 is 33.4 Å². The van der Waals surface area contributed by atoms with Crippen molar-refractivity contribution in [1.29, 1.82) is 0 Å². The molecule has 4 aliphatic carbocycles. The van der Waals surface area contributed by atoms with Crippen LogP contribution in [-0.4, -0.2) is 64.8 Å². The second-order valence-electron chi connectivity index (χ2n) is 13.5. The first-order chi connectivity index (χ1) is 20.3. The molecule has 5 rings (SSSR count). The summed E-state index contributed by atoms with van der Waals surface area (Å²) >= 11 is 0. The number of carbonyl (C=O) groups is 5. The number of nitrogens with zero attached hydrogens (tertiary/aromatic N) is 1. The van der Waals surface area contributed by atoms with E-state index in [0.717, 1.165) is 31.2 Å². The summed E-state index contributed by atoms with van der Waals surface area (Å²) in [5, 5.41) is 2.60. The summed E-state index contributed by atoms with van der Waals surface area (Å²) in [5.74, 6) is -3.62. The molecule has 1 unspecified atom stereocenters. The zero-order valence-corrected chi connectivity index (χ0v) is 25.6. The van der Waals surface area contributed by atoms with E-state index < -0.39 is 59.7 Å². The Bertz CT molecular complexity index is 1170. The molecule has 0 aromatic heterocycles. The molecule has 1 aromatic carbocycles. The molecule has 1 aromatic rings. The quantitative estimate of drug-likeness (QED) is 0.242. The van der Waals surface area contributed by atoms with E-state index in [1.54, 1.807) is 45.0 Å². The third-order valence-corrected chi connectivity index (χ3v) is 9.01. The molecular weight excluding hydrogens is 552 g/mol. The first-order valence-electron chi connectivity index (χ1n) is 15.3. The Kier molecular flexibility index (Phi) is 10.1. The van der Waals surface area contributed by atoms with Crippen LogP contribution in [0.4, 0.5) is 0 Å². The van der Waals surface area contributed by atoms with Crippen molar-refractivity contribution in [2.75, 3.05) is 6.54 Å². The Labute approximate surface area is 253 Å². The summed E-state index contributed by atoms with van der Waals surface area (Å²) in [6, 6.07) is 6.38. The average Bonchev–Trinajstić information content (AvgIpc) is 2.93. The fourth-order valence-corrected chi connectivity index (χ4v) is 7.53. The molecule has 4 saturated carbocycles. The largest absolute Gasteiger partial charge is 0.460 e. The van der Waals surface area contributed by atoms with E-state index in [9.17, 15) is 24.0 Å². The van der Waals surface area contributed by atoms with Gasteiger partial charge in [0.1, 0.15) is 24.3 Å². The minimum atomic E-state index is -1.51.